The SMILES string of the molecule is O=C1[C@@H]2[C@H](C(=O)N1c1cccc(Br)c1)C2(c1ccccc1)c1ccccc1. The molecule has 3 aromatic carbocycles. The summed E-state index contributed by atoms with van der Waals surface area (Å²) in [5, 5.41) is 0. The van der Waals surface area contributed by atoms with E-state index in [1.807, 2.05) is 78.9 Å². The number of nitrogens with zero attached hydrogens (tertiary/aromatic N) is 1. The third kappa shape index (κ3) is 2.20. The smallest absolute Gasteiger partial charge is 0.239 e. The molecule has 0 bridgehead atoms. The van der Waals surface area contributed by atoms with Crippen molar-refractivity contribution >= 4 is 33.4 Å². The highest BCUT2D eigenvalue weighted by molar-refractivity contribution is 9.10. The Balaban J connectivity index is 1.63. The van der Waals surface area contributed by atoms with Crippen LogP contribution in [-0.4, -0.2) is 11.8 Å². The summed E-state index contributed by atoms with van der Waals surface area (Å²) in [4.78, 5) is 28.0. The van der Waals surface area contributed by atoms with E-state index in [1.165, 1.54) is 4.90 Å². The molecule has 1 aliphatic carbocycles. The van der Waals surface area contributed by atoms with E-state index in [0.717, 1.165) is 15.6 Å². The van der Waals surface area contributed by atoms with Gasteiger partial charge in [0.2, 0.25) is 11.8 Å². The number of carbonyl (C=O) groups excluding carboxylic acids is 2. The largest absolute Gasteiger partial charge is 0.274 e. The van der Waals surface area contributed by atoms with Crippen molar-refractivity contribution in [1.29, 1.82) is 0 Å². The van der Waals surface area contributed by atoms with Gasteiger partial charge in [0.15, 0.2) is 0 Å². The summed E-state index contributed by atoms with van der Waals surface area (Å²) in [5.41, 5.74) is 2.13. The van der Waals surface area contributed by atoms with Crippen molar-refractivity contribution < 1.29 is 9.59 Å². The first-order valence-electron chi connectivity index (χ1n) is 8.90. The van der Waals surface area contributed by atoms with Gasteiger partial charge in [-0.1, -0.05) is 82.7 Å². The zero-order valence-electron chi connectivity index (χ0n) is 14.4. The first-order chi connectivity index (χ1) is 13.2. The summed E-state index contributed by atoms with van der Waals surface area (Å²) in [6, 6.07) is 27.2. The average Bonchev–Trinajstić information content (AvgIpc) is 3.33. The van der Waals surface area contributed by atoms with Crippen molar-refractivity contribution in [3.63, 3.8) is 0 Å². The topological polar surface area (TPSA) is 37.4 Å². The summed E-state index contributed by atoms with van der Waals surface area (Å²) >= 11 is 3.42. The molecule has 2 aliphatic rings. The predicted molar refractivity (Wildman–Crippen MR) is 107 cm³/mol. The lowest BCUT2D eigenvalue weighted by molar-refractivity contribution is -0.124. The van der Waals surface area contributed by atoms with Crippen molar-refractivity contribution in [1.82, 2.24) is 0 Å². The van der Waals surface area contributed by atoms with E-state index in [2.05, 4.69) is 15.9 Å². The third-order valence-corrected chi connectivity index (χ3v) is 6.24. The quantitative estimate of drug-likeness (QED) is 0.585. The van der Waals surface area contributed by atoms with Crippen LogP contribution in [0.5, 0.6) is 0 Å². The molecule has 3 nitrogen and oxygen atoms in total. The number of piperidine rings is 1. The van der Waals surface area contributed by atoms with E-state index in [9.17, 15) is 9.59 Å². The molecule has 0 spiro atoms. The number of hydrogen-bond donors (Lipinski definition) is 0. The van der Waals surface area contributed by atoms with E-state index in [-0.39, 0.29) is 23.7 Å². The van der Waals surface area contributed by atoms with Crippen molar-refractivity contribution in [3.8, 4) is 0 Å². The predicted octanol–water partition coefficient (Wildman–Crippen LogP) is 4.55. The minimum atomic E-state index is -0.556. The Morgan fingerprint density at radius 1 is 0.704 bits per heavy atom. The maximum absolute atomic E-state index is 13.3. The van der Waals surface area contributed by atoms with Crippen LogP contribution < -0.4 is 4.90 Å². The number of rotatable bonds is 3. The number of halogens is 1. The Kier molecular flexibility index (Phi) is 3.59. The lowest BCUT2D eigenvalue weighted by Gasteiger charge is -2.26. The van der Waals surface area contributed by atoms with E-state index in [1.54, 1.807) is 6.07 Å². The minimum absolute atomic E-state index is 0.115. The average molecular weight is 418 g/mol. The highest BCUT2D eigenvalue weighted by Crippen LogP contribution is 2.68. The molecular formula is C23H16BrNO2. The maximum Gasteiger partial charge on any atom is 0.239 e. The van der Waals surface area contributed by atoms with Crippen LogP contribution in [0.1, 0.15) is 11.1 Å². The summed E-state index contributed by atoms with van der Waals surface area (Å²) in [7, 11) is 0. The van der Waals surface area contributed by atoms with E-state index in [4.69, 9.17) is 0 Å². The van der Waals surface area contributed by atoms with Crippen LogP contribution in [0.4, 0.5) is 5.69 Å². The highest BCUT2D eigenvalue weighted by Gasteiger charge is 2.78. The third-order valence-electron chi connectivity index (χ3n) is 5.75. The van der Waals surface area contributed by atoms with Crippen LogP contribution >= 0.6 is 15.9 Å². The Morgan fingerprint density at radius 2 is 1.22 bits per heavy atom. The van der Waals surface area contributed by atoms with Crippen LogP contribution in [0, 0.1) is 11.8 Å². The number of fused-ring (bicyclic) bond motifs is 1. The normalized spacial score (nSPS) is 22.6. The van der Waals surface area contributed by atoms with Gasteiger partial charge in [-0.15, -0.1) is 0 Å². The second-order valence-electron chi connectivity index (χ2n) is 7.05. The zero-order valence-corrected chi connectivity index (χ0v) is 16.0. The molecule has 1 saturated heterocycles. The fourth-order valence-electron chi connectivity index (χ4n) is 4.63. The van der Waals surface area contributed by atoms with Gasteiger partial charge in [-0.05, 0) is 29.3 Å². The van der Waals surface area contributed by atoms with E-state index in [0.29, 0.717) is 5.69 Å². The fraction of sp³-hybridized carbons (Fsp3) is 0.130. The molecule has 5 rings (SSSR count). The Hall–Kier alpha value is -2.72. The summed E-state index contributed by atoms with van der Waals surface area (Å²) < 4.78 is 0.846. The molecule has 3 aromatic rings. The first-order valence-corrected chi connectivity index (χ1v) is 9.69. The molecule has 2 fully saturated rings. The molecule has 0 radical (unpaired) electrons. The van der Waals surface area contributed by atoms with Crippen LogP contribution in [0.3, 0.4) is 0 Å². The number of anilines is 1. The van der Waals surface area contributed by atoms with Crippen molar-refractivity contribution in [2.24, 2.45) is 11.8 Å². The first kappa shape index (κ1) is 16.5. The molecule has 0 unspecified atom stereocenters. The van der Waals surface area contributed by atoms with Crippen LogP contribution in [0.15, 0.2) is 89.4 Å². The van der Waals surface area contributed by atoms with Crippen molar-refractivity contribution in [3.05, 3.63) is 101 Å². The minimum Gasteiger partial charge on any atom is -0.274 e. The van der Waals surface area contributed by atoms with Gasteiger partial charge in [-0.25, -0.2) is 4.90 Å². The van der Waals surface area contributed by atoms with Gasteiger partial charge in [-0.3, -0.25) is 9.59 Å². The Labute approximate surface area is 165 Å². The summed E-state index contributed by atoms with van der Waals surface area (Å²) in [5.74, 6) is -0.936. The Morgan fingerprint density at radius 3 is 1.70 bits per heavy atom. The molecule has 2 atom stereocenters. The number of imide groups is 1. The van der Waals surface area contributed by atoms with Crippen molar-refractivity contribution in [2.45, 2.75) is 5.41 Å². The highest BCUT2D eigenvalue weighted by atomic mass is 79.9. The van der Waals surface area contributed by atoms with Crippen LogP contribution in [-0.2, 0) is 15.0 Å². The fourth-order valence-corrected chi connectivity index (χ4v) is 5.02. The number of benzene rings is 3. The van der Waals surface area contributed by atoms with Gasteiger partial charge in [0.1, 0.15) is 0 Å². The van der Waals surface area contributed by atoms with Gasteiger partial charge in [0.25, 0.3) is 0 Å². The van der Waals surface area contributed by atoms with Crippen molar-refractivity contribution in [2.75, 3.05) is 4.90 Å². The van der Waals surface area contributed by atoms with Crippen LogP contribution in [0.25, 0.3) is 0 Å². The summed E-state index contributed by atoms with van der Waals surface area (Å²) in [6.45, 7) is 0. The molecule has 1 aliphatic heterocycles. The van der Waals surface area contributed by atoms with Gasteiger partial charge < -0.3 is 0 Å². The van der Waals surface area contributed by atoms with Gasteiger partial charge in [0.05, 0.1) is 17.5 Å². The monoisotopic (exact) mass is 417 g/mol. The number of amides is 2. The zero-order chi connectivity index (χ0) is 18.6. The molecule has 1 saturated carbocycles. The van der Waals surface area contributed by atoms with E-state index >= 15 is 0 Å². The number of carbonyl (C=O) groups is 2. The molecule has 2 amide bonds. The van der Waals surface area contributed by atoms with Gasteiger partial charge in [0, 0.05) is 9.89 Å². The van der Waals surface area contributed by atoms with E-state index < -0.39 is 5.41 Å². The Bertz CT molecular complexity index is 985. The lowest BCUT2D eigenvalue weighted by atomic mass is 9.83. The van der Waals surface area contributed by atoms with Gasteiger partial charge in [-0.2, -0.15) is 0 Å². The van der Waals surface area contributed by atoms with Crippen LogP contribution in [0.2, 0.25) is 0 Å². The second-order valence-corrected chi connectivity index (χ2v) is 7.96. The molecule has 0 N–H and O–H groups in total. The molecule has 132 valence electrons. The second kappa shape index (κ2) is 5.89. The van der Waals surface area contributed by atoms with Gasteiger partial charge >= 0.3 is 0 Å². The molecule has 4 heteroatoms. The molecular weight excluding hydrogens is 402 g/mol. The molecule has 27 heavy (non-hydrogen) atoms. The number of hydrogen-bond acceptors (Lipinski definition) is 2. The standard InChI is InChI=1S/C23H16BrNO2/c24-17-12-7-13-18(14-17)25-21(26)19-20(22(25)27)23(19,15-8-3-1-4-9-15)16-10-5-2-6-11-16/h1-14,19-20H/t19-,20+. The lowest BCUT2D eigenvalue weighted by Crippen LogP contribution is -2.39. The molecule has 1 heterocycles. The summed E-state index contributed by atoms with van der Waals surface area (Å²) in [6.07, 6.45) is 0. The maximum atomic E-state index is 13.3. The molecule has 0 aromatic heterocycles.